The SMILES string of the molecule is CC(C)CN1C(=O)c2ccccc2C(C(=O)Nc2cccnc2)C12CCCC2. The molecule has 2 aliphatic rings. The van der Waals surface area contributed by atoms with Crippen LogP contribution in [0.5, 0.6) is 0 Å². The van der Waals surface area contributed by atoms with Gasteiger partial charge in [0.1, 0.15) is 0 Å². The van der Waals surface area contributed by atoms with E-state index in [1.54, 1.807) is 12.4 Å². The van der Waals surface area contributed by atoms with Gasteiger partial charge < -0.3 is 10.2 Å². The summed E-state index contributed by atoms with van der Waals surface area (Å²) in [7, 11) is 0. The number of aromatic nitrogens is 1. The van der Waals surface area contributed by atoms with Crippen LogP contribution in [0.3, 0.4) is 0 Å². The number of nitrogens with one attached hydrogen (secondary N) is 1. The van der Waals surface area contributed by atoms with Crippen molar-refractivity contribution in [3.8, 4) is 0 Å². The minimum atomic E-state index is -0.442. The van der Waals surface area contributed by atoms with Crippen molar-refractivity contribution in [2.75, 3.05) is 11.9 Å². The predicted molar refractivity (Wildman–Crippen MR) is 109 cm³/mol. The van der Waals surface area contributed by atoms with Crippen LogP contribution in [0.1, 0.15) is 61.4 Å². The Morgan fingerprint density at radius 2 is 1.96 bits per heavy atom. The summed E-state index contributed by atoms with van der Waals surface area (Å²) in [6.45, 7) is 4.92. The van der Waals surface area contributed by atoms with E-state index in [0.29, 0.717) is 23.7 Å². The first-order valence-corrected chi connectivity index (χ1v) is 10.1. The topological polar surface area (TPSA) is 62.3 Å². The molecule has 5 nitrogen and oxygen atoms in total. The average Bonchev–Trinajstić information content (AvgIpc) is 3.16. The molecule has 146 valence electrons. The molecule has 5 heteroatoms. The Morgan fingerprint density at radius 3 is 2.64 bits per heavy atom. The van der Waals surface area contributed by atoms with Gasteiger partial charge in [-0.3, -0.25) is 14.6 Å². The molecule has 1 fully saturated rings. The van der Waals surface area contributed by atoms with E-state index in [4.69, 9.17) is 0 Å². The number of amides is 2. The highest BCUT2D eigenvalue weighted by Gasteiger charge is 2.55. The highest BCUT2D eigenvalue weighted by atomic mass is 16.2. The monoisotopic (exact) mass is 377 g/mol. The van der Waals surface area contributed by atoms with Gasteiger partial charge in [-0.2, -0.15) is 0 Å². The van der Waals surface area contributed by atoms with E-state index in [-0.39, 0.29) is 17.7 Å². The van der Waals surface area contributed by atoms with Crippen LogP contribution >= 0.6 is 0 Å². The number of carbonyl (C=O) groups is 2. The largest absolute Gasteiger partial charge is 0.332 e. The van der Waals surface area contributed by atoms with E-state index in [0.717, 1.165) is 31.2 Å². The van der Waals surface area contributed by atoms with Crippen LogP contribution in [-0.2, 0) is 4.79 Å². The van der Waals surface area contributed by atoms with E-state index < -0.39 is 5.54 Å². The summed E-state index contributed by atoms with van der Waals surface area (Å²) >= 11 is 0. The van der Waals surface area contributed by atoms with Gasteiger partial charge in [-0.15, -0.1) is 0 Å². The van der Waals surface area contributed by atoms with Gasteiger partial charge >= 0.3 is 0 Å². The zero-order chi connectivity index (χ0) is 19.7. The maximum Gasteiger partial charge on any atom is 0.254 e. The summed E-state index contributed by atoms with van der Waals surface area (Å²) in [5.41, 5.74) is 1.76. The third kappa shape index (κ3) is 3.09. The van der Waals surface area contributed by atoms with Crippen LogP contribution in [0, 0.1) is 5.92 Å². The fourth-order valence-corrected chi connectivity index (χ4v) is 4.95. The first-order chi connectivity index (χ1) is 13.5. The van der Waals surface area contributed by atoms with Crippen LogP contribution in [-0.4, -0.2) is 33.8 Å². The fourth-order valence-electron chi connectivity index (χ4n) is 4.95. The quantitative estimate of drug-likeness (QED) is 0.867. The molecular weight excluding hydrogens is 350 g/mol. The molecule has 1 aromatic carbocycles. The van der Waals surface area contributed by atoms with Crippen molar-refractivity contribution in [2.24, 2.45) is 5.92 Å². The van der Waals surface area contributed by atoms with Crippen molar-refractivity contribution in [2.45, 2.75) is 51.0 Å². The number of rotatable bonds is 4. The lowest BCUT2D eigenvalue weighted by molar-refractivity contribution is -0.121. The van der Waals surface area contributed by atoms with Gasteiger partial charge in [-0.05, 0) is 42.5 Å². The predicted octanol–water partition coefficient (Wildman–Crippen LogP) is 4.23. The molecule has 1 spiro atoms. The summed E-state index contributed by atoms with van der Waals surface area (Å²) in [5.74, 6) is -0.0168. The molecular formula is C23H27N3O2. The molecule has 0 radical (unpaired) electrons. The molecule has 1 N–H and O–H groups in total. The van der Waals surface area contributed by atoms with E-state index >= 15 is 0 Å². The van der Waals surface area contributed by atoms with Crippen LogP contribution < -0.4 is 5.32 Å². The van der Waals surface area contributed by atoms with Crippen LogP contribution in [0.25, 0.3) is 0 Å². The molecule has 2 heterocycles. The molecule has 0 bridgehead atoms. The molecule has 28 heavy (non-hydrogen) atoms. The lowest BCUT2D eigenvalue weighted by atomic mass is 9.70. The number of benzene rings is 1. The van der Waals surface area contributed by atoms with Crippen molar-refractivity contribution in [1.82, 2.24) is 9.88 Å². The normalized spacial score (nSPS) is 20.5. The van der Waals surface area contributed by atoms with Gasteiger partial charge in [0.15, 0.2) is 0 Å². The Bertz CT molecular complexity index is 872. The molecule has 0 saturated heterocycles. The van der Waals surface area contributed by atoms with E-state index in [2.05, 4.69) is 24.1 Å². The second-order valence-electron chi connectivity index (χ2n) is 8.37. The average molecular weight is 377 g/mol. The van der Waals surface area contributed by atoms with Crippen molar-refractivity contribution in [3.05, 3.63) is 59.9 Å². The molecule has 1 saturated carbocycles. The lowest BCUT2D eigenvalue weighted by Crippen LogP contribution is -2.60. The molecule has 1 aliphatic carbocycles. The maximum atomic E-state index is 13.6. The second-order valence-corrected chi connectivity index (χ2v) is 8.37. The number of hydrogen-bond acceptors (Lipinski definition) is 3. The van der Waals surface area contributed by atoms with Gasteiger partial charge in [0.2, 0.25) is 5.91 Å². The van der Waals surface area contributed by atoms with Crippen molar-refractivity contribution in [1.29, 1.82) is 0 Å². The molecule has 4 rings (SSSR count). The Labute approximate surface area is 166 Å². The molecule has 1 aliphatic heterocycles. The summed E-state index contributed by atoms with van der Waals surface area (Å²) in [6.07, 6.45) is 7.16. The second kappa shape index (κ2) is 7.38. The minimum absolute atomic E-state index is 0.0522. The number of hydrogen-bond donors (Lipinski definition) is 1. The lowest BCUT2D eigenvalue weighted by Gasteiger charge is -2.50. The van der Waals surface area contributed by atoms with Gasteiger partial charge in [0.05, 0.1) is 23.3 Å². The fraction of sp³-hybridized carbons (Fsp3) is 0.435. The zero-order valence-corrected chi connectivity index (χ0v) is 16.5. The van der Waals surface area contributed by atoms with E-state index in [1.165, 1.54) is 0 Å². The Kier molecular flexibility index (Phi) is 4.92. The number of anilines is 1. The molecule has 2 amide bonds. The summed E-state index contributed by atoms with van der Waals surface area (Å²) in [4.78, 5) is 33.1. The molecule has 2 aromatic rings. The van der Waals surface area contributed by atoms with Crippen molar-refractivity contribution in [3.63, 3.8) is 0 Å². The number of pyridine rings is 1. The van der Waals surface area contributed by atoms with E-state index in [9.17, 15) is 9.59 Å². The van der Waals surface area contributed by atoms with Gasteiger partial charge in [-0.25, -0.2) is 0 Å². The van der Waals surface area contributed by atoms with Gasteiger partial charge in [0, 0.05) is 18.3 Å². The highest BCUT2D eigenvalue weighted by Crippen LogP contribution is 2.50. The summed E-state index contributed by atoms with van der Waals surface area (Å²) < 4.78 is 0. The van der Waals surface area contributed by atoms with E-state index in [1.807, 2.05) is 41.3 Å². The molecule has 1 unspecified atom stereocenters. The van der Waals surface area contributed by atoms with Gasteiger partial charge in [-0.1, -0.05) is 44.9 Å². The summed E-state index contributed by atoms with van der Waals surface area (Å²) in [5, 5.41) is 3.05. The number of nitrogens with zero attached hydrogens (tertiary/aromatic N) is 2. The first-order valence-electron chi connectivity index (χ1n) is 10.1. The van der Waals surface area contributed by atoms with Gasteiger partial charge in [0.25, 0.3) is 5.91 Å². The number of carbonyl (C=O) groups excluding carboxylic acids is 2. The third-order valence-electron chi connectivity index (χ3n) is 6.03. The first kappa shape index (κ1) is 18.7. The Balaban J connectivity index is 1.81. The standard InChI is InChI=1S/C23H27N3O2/c1-16(2)15-26-22(28)19-10-4-3-9-18(19)20(23(26)11-5-6-12-23)21(27)25-17-8-7-13-24-14-17/h3-4,7-10,13-14,16,20H,5-6,11-12,15H2,1-2H3,(H,25,27). The Morgan fingerprint density at radius 1 is 1.21 bits per heavy atom. The van der Waals surface area contributed by atoms with Crippen LogP contribution in [0.4, 0.5) is 5.69 Å². The smallest absolute Gasteiger partial charge is 0.254 e. The molecule has 1 aromatic heterocycles. The summed E-state index contributed by atoms with van der Waals surface area (Å²) in [6, 6.07) is 11.3. The van der Waals surface area contributed by atoms with Crippen molar-refractivity contribution < 1.29 is 9.59 Å². The minimum Gasteiger partial charge on any atom is -0.332 e. The zero-order valence-electron chi connectivity index (χ0n) is 16.5. The van der Waals surface area contributed by atoms with Crippen molar-refractivity contribution >= 4 is 17.5 Å². The third-order valence-corrected chi connectivity index (χ3v) is 6.03. The number of fused-ring (bicyclic) bond motifs is 1. The van der Waals surface area contributed by atoms with Crippen LogP contribution in [0.15, 0.2) is 48.8 Å². The Hall–Kier alpha value is -2.69. The molecule has 1 atom stereocenters. The maximum absolute atomic E-state index is 13.6. The highest BCUT2D eigenvalue weighted by molar-refractivity contribution is 6.05. The van der Waals surface area contributed by atoms with Crippen LogP contribution in [0.2, 0.25) is 0 Å².